The number of nitrogens with zero attached hydrogens (tertiary/aromatic N) is 3. The molecule has 1 saturated heterocycles. The lowest BCUT2D eigenvalue weighted by Crippen LogP contribution is -2.35. The van der Waals surface area contributed by atoms with Crippen LogP contribution in [0.2, 0.25) is 5.02 Å². The molecule has 1 fully saturated rings. The van der Waals surface area contributed by atoms with Gasteiger partial charge in [0.05, 0.1) is 17.9 Å². The second-order valence-electron chi connectivity index (χ2n) is 7.58. The molecule has 0 aliphatic carbocycles. The number of amides is 1. The van der Waals surface area contributed by atoms with Crippen LogP contribution in [-0.2, 0) is 27.8 Å². The Morgan fingerprint density at radius 3 is 2.41 bits per heavy atom. The summed E-state index contributed by atoms with van der Waals surface area (Å²) in [5, 5.41) is 7.28. The number of hydrogen-bond donors (Lipinski definition) is 1. The van der Waals surface area contributed by atoms with Crippen LogP contribution in [0.15, 0.2) is 57.9 Å². The van der Waals surface area contributed by atoms with Crippen LogP contribution in [0.3, 0.4) is 0 Å². The Labute approximate surface area is 191 Å². The summed E-state index contributed by atoms with van der Waals surface area (Å²) < 4.78 is 32.3. The van der Waals surface area contributed by atoms with Gasteiger partial charge in [0.25, 0.3) is 0 Å². The van der Waals surface area contributed by atoms with E-state index in [-0.39, 0.29) is 29.7 Å². The smallest absolute Gasteiger partial charge is 0.246 e. The van der Waals surface area contributed by atoms with E-state index in [1.165, 1.54) is 4.31 Å². The zero-order valence-corrected chi connectivity index (χ0v) is 18.9. The zero-order valence-electron chi connectivity index (χ0n) is 17.3. The summed E-state index contributed by atoms with van der Waals surface area (Å²) in [7, 11) is -3.49. The Morgan fingerprint density at radius 1 is 1.03 bits per heavy atom. The van der Waals surface area contributed by atoms with Gasteiger partial charge in [-0.2, -0.15) is 9.29 Å². The molecule has 2 heterocycles. The number of sulfonamides is 1. The van der Waals surface area contributed by atoms with Crippen LogP contribution >= 0.6 is 11.6 Å². The number of aromatic nitrogens is 2. The third-order valence-electron chi connectivity index (χ3n) is 5.25. The van der Waals surface area contributed by atoms with Crippen LogP contribution in [0, 0.1) is 0 Å². The van der Waals surface area contributed by atoms with Gasteiger partial charge in [-0.25, -0.2) is 8.42 Å². The van der Waals surface area contributed by atoms with Crippen molar-refractivity contribution in [1.82, 2.24) is 19.8 Å². The molecule has 1 N–H and O–H groups in total. The second kappa shape index (κ2) is 9.81. The second-order valence-corrected chi connectivity index (χ2v) is 9.96. The van der Waals surface area contributed by atoms with E-state index in [1.54, 1.807) is 48.5 Å². The number of piperidine rings is 1. The molecule has 2 aromatic carbocycles. The van der Waals surface area contributed by atoms with Gasteiger partial charge in [0.15, 0.2) is 0 Å². The summed E-state index contributed by atoms with van der Waals surface area (Å²) >= 11 is 5.85. The van der Waals surface area contributed by atoms with Gasteiger partial charge >= 0.3 is 0 Å². The first-order chi connectivity index (χ1) is 15.4. The highest BCUT2D eigenvalue weighted by Gasteiger charge is 2.25. The SMILES string of the molecule is O=C(Cc1ccc(Cl)cc1)NCc1nc(-c2ccc(S(=O)(=O)N3CCCCC3)cc2)no1. The molecule has 4 rings (SSSR count). The van der Waals surface area contributed by atoms with Crippen LogP contribution < -0.4 is 5.32 Å². The predicted octanol–water partition coefficient (Wildman–Crippen LogP) is 3.42. The first kappa shape index (κ1) is 22.4. The minimum atomic E-state index is -3.49. The van der Waals surface area contributed by atoms with Crippen molar-refractivity contribution < 1.29 is 17.7 Å². The topological polar surface area (TPSA) is 105 Å². The van der Waals surface area contributed by atoms with E-state index >= 15 is 0 Å². The number of carbonyl (C=O) groups is 1. The quantitative estimate of drug-likeness (QED) is 0.562. The van der Waals surface area contributed by atoms with Crippen LogP contribution in [0.5, 0.6) is 0 Å². The number of halogens is 1. The van der Waals surface area contributed by atoms with E-state index in [9.17, 15) is 13.2 Å². The minimum Gasteiger partial charge on any atom is -0.347 e. The largest absolute Gasteiger partial charge is 0.347 e. The first-order valence-corrected chi connectivity index (χ1v) is 12.2. The highest BCUT2D eigenvalue weighted by molar-refractivity contribution is 7.89. The Balaban J connectivity index is 1.35. The van der Waals surface area contributed by atoms with Crippen LogP contribution in [-0.4, -0.2) is 41.9 Å². The van der Waals surface area contributed by atoms with Gasteiger partial charge < -0.3 is 9.84 Å². The average molecular weight is 475 g/mol. The zero-order chi connectivity index (χ0) is 22.6. The minimum absolute atomic E-state index is 0.0981. The van der Waals surface area contributed by atoms with Gasteiger partial charge in [0, 0.05) is 23.7 Å². The van der Waals surface area contributed by atoms with E-state index < -0.39 is 10.0 Å². The monoisotopic (exact) mass is 474 g/mol. The Kier molecular flexibility index (Phi) is 6.88. The lowest BCUT2D eigenvalue weighted by atomic mass is 10.1. The summed E-state index contributed by atoms with van der Waals surface area (Å²) in [6.45, 7) is 1.21. The number of rotatable bonds is 7. The number of carbonyl (C=O) groups excluding carboxylic acids is 1. The maximum atomic E-state index is 12.8. The van der Waals surface area contributed by atoms with Crippen molar-refractivity contribution in [2.75, 3.05) is 13.1 Å². The van der Waals surface area contributed by atoms with Crippen molar-refractivity contribution in [3.05, 3.63) is 65.0 Å². The lowest BCUT2D eigenvalue weighted by molar-refractivity contribution is -0.120. The van der Waals surface area contributed by atoms with E-state index in [2.05, 4.69) is 15.5 Å². The molecule has 0 saturated carbocycles. The standard InChI is InChI=1S/C22H23ClN4O4S/c23-18-8-4-16(5-9-18)14-20(28)24-15-21-25-22(26-31-21)17-6-10-19(11-7-17)32(29,30)27-12-2-1-3-13-27/h4-11H,1-3,12-15H2,(H,24,28). The molecule has 0 atom stereocenters. The molecule has 0 bridgehead atoms. The first-order valence-electron chi connectivity index (χ1n) is 10.4. The van der Waals surface area contributed by atoms with Crippen molar-refractivity contribution in [3.8, 4) is 11.4 Å². The number of nitrogens with one attached hydrogen (secondary N) is 1. The third kappa shape index (κ3) is 5.35. The molecule has 0 radical (unpaired) electrons. The van der Waals surface area contributed by atoms with Gasteiger partial charge in [-0.05, 0) is 54.8 Å². The van der Waals surface area contributed by atoms with Crippen LogP contribution in [0.1, 0.15) is 30.7 Å². The third-order valence-corrected chi connectivity index (χ3v) is 7.41. The van der Waals surface area contributed by atoms with Crippen molar-refractivity contribution in [2.45, 2.75) is 37.1 Å². The fourth-order valence-corrected chi connectivity index (χ4v) is 5.14. The molecule has 10 heteroatoms. The highest BCUT2D eigenvalue weighted by atomic mass is 35.5. The van der Waals surface area contributed by atoms with Gasteiger partial charge in [-0.3, -0.25) is 4.79 Å². The summed E-state index contributed by atoms with van der Waals surface area (Å²) in [5.74, 6) is 0.405. The lowest BCUT2D eigenvalue weighted by Gasteiger charge is -2.25. The van der Waals surface area contributed by atoms with Crippen molar-refractivity contribution in [3.63, 3.8) is 0 Å². The molecule has 1 aliphatic heterocycles. The van der Waals surface area contributed by atoms with E-state index in [0.717, 1.165) is 24.8 Å². The molecule has 1 aromatic heterocycles. The molecule has 3 aromatic rings. The molecule has 1 amide bonds. The Bertz CT molecular complexity index is 1170. The molecular weight excluding hydrogens is 452 g/mol. The van der Waals surface area contributed by atoms with Crippen LogP contribution in [0.4, 0.5) is 0 Å². The van der Waals surface area contributed by atoms with E-state index in [4.69, 9.17) is 16.1 Å². The van der Waals surface area contributed by atoms with Gasteiger partial charge in [-0.15, -0.1) is 0 Å². The molecule has 8 nitrogen and oxygen atoms in total. The normalized spacial score (nSPS) is 14.9. The van der Waals surface area contributed by atoms with Crippen LogP contribution in [0.25, 0.3) is 11.4 Å². The number of benzene rings is 2. The predicted molar refractivity (Wildman–Crippen MR) is 119 cm³/mol. The van der Waals surface area contributed by atoms with Crippen molar-refractivity contribution in [1.29, 1.82) is 0 Å². The van der Waals surface area contributed by atoms with Gasteiger partial charge in [0.1, 0.15) is 0 Å². The molecule has 168 valence electrons. The summed E-state index contributed by atoms with van der Waals surface area (Å²) in [5.41, 5.74) is 1.47. The summed E-state index contributed by atoms with van der Waals surface area (Å²) in [4.78, 5) is 16.6. The fraction of sp³-hybridized carbons (Fsp3) is 0.318. The molecule has 0 spiro atoms. The van der Waals surface area contributed by atoms with E-state index in [1.807, 2.05) is 0 Å². The van der Waals surface area contributed by atoms with Crippen molar-refractivity contribution >= 4 is 27.5 Å². The maximum Gasteiger partial charge on any atom is 0.246 e. The van der Waals surface area contributed by atoms with Gasteiger partial charge in [0.2, 0.25) is 27.6 Å². The number of hydrogen-bond acceptors (Lipinski definition) is 6. The Hall–Kier alpha value is -2.75. The van der Waals surface area contributed by atoms with Gasteiger partial charge in [-0.1, -0.05) is 35.3 Å². The highest BCUT2D eigenvalue weighted by Crippen LogP contribution is 2.23. The molecule has 32 heavy (non-hydrogen) atoms. The van der Waals surface area contributed by atoms with Crippen molar-refractivity contribution in [2.24, 2.45) is 0 Å². The molecular formula is C22H23ClN4O4S. The summed E-state index contributed by atoms with van der Waals surface area (Å²) in [6.07, 6.45) is 3.05. The average Bonchev–Trinajstić information content (AvgIpc) is 3.29. The Morgan fingerprint density at radius 2 is 1.72 bits per heavy atom. The molecule has 0 unspecified atom stereocenters. The summed E-state index contributed by atoms with van der Waals surface area (Å²) in [6, 6.07) is 13.5. The maximum absolute atomic E-state index is 12.8. The van der Waals surface area contributed by atoms with E-state index in [0.29, 0.717) is 29.5 Å². The molecule has 1 aliphatic rings. The fourth-order valence-electron chi connectivity index (χ4n) is 3.50.